The molecule has 1 atom stereocenters. The third-order valence-electron chi connectivity index (χ3n) is 1.64. The van der Waals surface area contributed by atoms with Crippen LogP contribution in [0.1, 0.15) is 22.3 Å². The number of rotatable bonds is 3. The van der Waals surface area contributed by atoms with E-state index in [4.69, 9.17) is 5.73 Å². The van der Waals surface area contributed by atoms with E-state index < -0.39 is 6.10 Å². The Morgan fingerprint density at radius 2 is 2.42 bits per heavy atom. The van der Waals surface area contributed by atoms with Crippen molar-refractivity contribution in [3.8, 4) is 0 Å². The van der Waals surface area contributed by atoms with Crippen LogP contribution in [-0.2, 0) is 0 Å². The van der Waals surface area contributed by atoms with Gasteiger partial charge in [0.25, 0.3) is 0 Å². The van der Waals surface area contributed by atoms with Crippen molar-refractivity contribution < 1.29 is 5.11 Å². The van der Waals surface area contributed by atoms with Gasteiger partial charge in [-0.05, 0) is 41.9 Å². The highest BCUT2D eigenvalue weighted by Crippen LogP contribution is 2.31. The van der Waals surface area contributed by atoms with Gasteiger partial charge < -0.3 is 10.8 Å². The first-order chi connectivity index (χ1) is 5.65. The maximum absolute atomic E-state index is 9.57. The monoisotopic (exact) mass is 249 g/mol. The topological polar surface area (TPSA) is 46.2 Å². The maximum Gasteiger partial charge on any atom is 0.0894 e. The van der Waals surface area contributed by atoms with Crippen LogP contribution in [-0.4, -0.2) is 11.7 Å². The molecule has 0 bridgehead atoms. The summed E-state index contributed by atoms with van der Waals surface area (Å²) in [6.07, 6.45) is 0.233. The molecule has 0 radical (unpaired) electrons. The Morgan fingerprint density at radius 1 is 1.75 bits per heavy atom. The number of nitrogens with two attached hydrogens (primary N) is 1. The van der Waals surface area contributed by atoms with Gasteiger partial charge in [0.15, 0.2) is 0 Å². The molecule has 12 heavy (non-hydrogen) atoms. The van der Waals surface area contributed by atoms with Crippen LogP contribution in [0.3, 0.4) is 0 Å². The SMILES string of the molecule is Cc1sc([C@@H](O)CCN)cc1Br. The van der Waals surface area contributed by atoms with Crippen LogP contribution in [0.5, 0.6) is 0 Å². The Bertz CT molecular complexity index is 242. The molecule has 1 heterocycles. The van der Waals surface area contributed by atoms with E-state index in [1.54, 1.807) is 11.3 Å². The molecule has 0 aliphatic rings. The zero-order chi connectivity index (χ0) is 9.14. The van der Waals surface area contributed by atoms with E-state index in [9.17, 15) is 5.11 Å². The van der Waals surface area contributed by atoms with E-state index in [1.165, 1.54) is 4.88 Å². The zero-order valence-corrected chi connectivity index (χ0v) is 9.28. The van der Waals surface area contributed by atoms with Crippen LogP contribution in [0, 0.1) is 6.92 Å². The first-order valence-electron chi connectivity index (χ1n) is 3.79. The number of aliphatic hydroxyl groups excluding tert-OH is 1. The van der Waals surface area contributed by atoms with Crippen molar-refractivity contribution >= 4 is 27.3 Å². The highest BCUT2D eigenvalue weighted by molar-refractivity contribution is 9.10. The number of hydrogen-bond acceptors (Lipinski definition) is 3. The predicted octanol–water partition coefficient (Wildman–Crippen LogP) is 2.20. The minimum Gasteiger partial charge on any atom is -0.388 e. The number of hydrogen-bond donors (Lipinski definition) is 2. The quantitative estimate of drug-likeness (QED) is 0.863. The smallest absolute Gasteiger partial charge is 0.0894 e. The Kier molecular flexibility index (Phi) is 3.71. The van der Waals surface area contributed by atoms with Gasteiger partial charge in [0.05, 0.1) is 6.10 Å². The molecule has 0 saturated heterocycles. The first kappa shape index (κ1) is 10.2. The molecule has 0 unspecified atom stereocenters. The van der Waals surface area contributed by atoms with Gasteiger partial charge in [0.1, 0.15) is 0 Å². The van der Waals surface area contributed by atoms with Gasteiger partial charge >= 0.3 is 0 Å². The van der Waals surface area contributed by atoms with Crippen molar-refractivity contribution in [2.45, 2.75) is 19.4 Å². The molecule has 1 rings (SSSR count). The molecule has 0 aliphatic carbocycles. The molecule has 1 aromatic heterocycles. The fraction of sp³-hybridized carbons (Fsp3) is 0.500. The van der Waals surface area contributed by atoms with Gasteiger partial charge in [-0.3, -0.25) is 0 Å². The predicted molar refractivity (Wildman–Crippen MR) is 55.4 cm³/mol. The third-order valence-corrected chi connectivity index (χ3v) is 3.88. The average Bonchev–Trinajstić information content (AvgIpc) is 2.33. The Balaban J connectivity index is 2.74. The lowest BCUT2D eigenvalue weighted by Gasteiger charge is -2.04. The fourth-order valence-corrected chi connectivity index (χ4v) is 2.53. The summed E-state index contributed by atoms with van der Waals surface area (Å²) in [4.78, 5) is 2.19. The van der Waals surface area contributed by atoms with Crippen molar-refractivity contribution in [3.05, 3.63) is 20.3 Å². The van der Waals surface area contributed by atoms with Gasteiger partial charge in [-0.1, -0.05) is 0 Å². The molecule has 3 N–H and O–H groups in total. The van der Waals surface area contributed by atoms with Crippen molar-refractivity contribution in [3.63, 3.8) is 0 Å². The van der Waals surface area contributed by atoms with Crippen LogP contribution in [0.2, 0.25) is 0 Å². The number of aliphatic hydroxyl groups is 1. The average molecular weight is 250 g/mol. The normalized spacial score (nSPS) is 13.3. The lowest BCUT2D eigenvalue weighted by molar-refractivity contribution is 0.174. The van der Waals surface area contributed by atoms with Crippen molar-refractivity contribution in [1.82, 2.24) is 0 Å². The van der Waals surface area contributed by atoms with Crippen molar-refractivity contribution in [1.29, 1.82) is 0 Å². The number of thiophene rings is 1. The molecule has 1 aromatic rings. The summed E-state index contributed by atoms with van der Waals surface area (Å²) in [5.74, 6) is 0. The minimum atomic E-state index is -0.398. The van der Waals surface area contributed by atoms with Crippen LogP contribution < -0.4 is 5.73 Å². The first-order valence-corrected chi connectivity index (χ1v) is 5.40. The molecule has 2 nitrogen and oxygen atoms in total. The van der Waals surface area contributed by atoms with Crippen LogP contribution in [0.4, 0.5) is 0 Å². The van der Waals surface area contributed by atoms with Crippen molar-refractivity contribution in [2.75, 3.05) is 6.54 Å². The van der Waals surface area contributed by atoms with Gasteiger partial charge in [-0.15, -0.1) is 11.3 Å². The number of aryl methyl sites for hydroxylation is 1. The standard InChI is InChI=1S/C8H12BrNOS/c1-5-6(9)4-8(12-5)7(11)2-3-10/h4,7,11H,2-3,10H2,1H3/t7-/m0/s1. The van der Waals surface area contributed by atoms with Crippen LogP contribution >= 0.6 is 27.3 Å². The lowest BCUT2D eigenvalue weighted by Crippen LogP contribution is -2.05. The third kappa shape index (κ3) is 2.29. The van der Waals surface area contributed by atoms with E-state index in [-0.39, 0.29) is 0 Å². The molecule has 0 fully saturated rings. The summed E-state index contributed by atoms with van der Waals surface area (Å²) < 4.78 is 1.07. The van der Waals surface area contributed by atoms with E-state index >= 15 is 0 Å². The second-order valence-corrected chi connectivity index (χ2v) is 4.79. The molecule has 0 spiro atoms. The van der Waals surface area contributed by atoms with Crippen molar-refractivity contribution in [2.24, 2.45) is 5.73 Å². The molecule has 0 aliphatic heterocycles. The Labute approximate surface area is 84.5 Å². The zero-order valence-electron chi connectivity index (χ0n) is 6.88. The molecule has 0 aromatic carbocycles. The highest BCUT2D eigenvalue weighted by Gasteiger charge is 2.10. The molecular weight excluding hydrogens is 238 g/mol. The van der Waals surface area contributed by atoms with Gasteiger partial charge in [0.2, 0.25) is 0 Å². The van der Waals surface area contributed by atoms with Crippen LogP contribution in [0.25, 0.3) is 0 Å². The summed E-state index contributed by atoms with van der Waals surface area (Å²) in [6.45, 7) is 2.54. The van der Waals surface area contributed by atoms with Gasteiger partial charge in [-0.25, -0.2) is 0 Å². The molecule has 0 saturated carbocycles. The summed E-state index contributed by atoms with van der Waals surface area (Å²) in [7, 11) is 0. The maximum atomic E-state index is 9.57. The minimum absolute atomic E-state index is 0.398. The second-order valence-electron chi connectivity index (χ2n) is 2.65. The molecule has 68 valence electrons. The van der Waals surface area contributed by atoms with Gasteiger partial charge in [0, 0.05) is 14.2 Å². The van der Waals surface area contributed by atoms with Crippen LogP contribution in [0.15, 0.2) is 10.5 Å². The summed E-state index contributed by atoms with van der Waals surface area (Å²) >= 11 is 5.01. The Hall–Kier alpha value is 0.100. The summed E-state index contributed by atoms with van der Waals surface area (Å²) in [5, 5.41) is 9.57. The van der Waals surface area contributed by atoms with E-state index in [1.807, 2.05) is 13.0 Å². The van der Waals surface area contributed by atoms with E-state index in [2.05, 4.69) is 15.9 Å². The fourth-order valence-electron chi connectivity index (χ4n) is 0.946. The Morgan fingerprint density at radius 3 is 2.83 bits per heavy atom. The van der Waals surface area contributed by atoms with E-state index in [0.29, 0.717) is 13.0 Å². The summed E-state index contributed by atoms with van der Waals surface area (Å²) in [5.41, 5.74) is 5.34. The lowest BCUT2D eigenvalue weighted by atomic mass is 10.2. The summed E-state index contributed by atoms with van der Waals surface area (Å²) in [6, 6.07) is 1.96. The highest BCUT2D eigenvalue weighted by atomic mass is 79.9. The van der Waals surface area contributed by atoms with Gasteiger partial charge in [-0.2, -0.15) is 0 Å². The molecule has 0 amide bonds. The number of halogens is 1. The largest absolute Gasteiger partial charge is 0.388 e. The molecular formula is C8H12BrNOS. The second kappa shape index (κ2) is 4.37. The molecule has 4 heteroatoms. The van der Waals surface area contributed by atoms with E-state index in [0.717, 1.165) is 9.35 Å².